The molecule has 1 aliphatic heterocycles. The monoisotopic (exact) mass is 450 g/mol. The number of halogens is 1. The number of nitrogens with one attached hydrogen (secondary N) is 1. The Morgan fingerprint density at radius 2 is 2.16 bits per heavy atom. The predicted molar refractivity (Wildman–Crippen MR) is 108 cm³/mol. The van der Waals surface area contributed by atoms with E-state index >= 15 is 0 Å². The van der Waals surface area contributed by atoms with Crippen molar-refractivity contribution in [3.8, 4) is 0 Å². The lowest BCUT2D eigenvalue weighted by Gasteiger charge is -2.33. The first-order valence-corrected chi connectivity index (χ1v) is 12.0. The topological polar surface area (TPSA) is 75.2 Å². The molecule has 0 unspecified atom stereocenters. The van der Waals surface area contributed by atoms with Crippen LogP contribution in [-0.4, -0.2) is 53.8 Å². The Morgan fingerprint density at radius 1 is 1.44 bits per heavy atom. The second-order valence-corrected chi connectivity index (χ2v) is 11.2. The molecular weight excluding hydrogens is 424 g/mol. The lowest BCUT2D eigenvalue weighted by Crippen LogP contribution is -2.46. The number of hydrogen-bond acceptors (Lipinski definition) is 6. The largest absolute Gasteiger partial charge is 0.365 e. The lowest BCUT2D eigenvalue weighted by atomic mass is 9.94. The number of sulfonamides is 1. The summed E-state index contributed by atoms with van der Waals surface area (Å²) in [6, 6.07) is 0.0547. The van der Waals surface area contributed by atoms with Gasteiger partial charge in [-0.1, -0.05) is 32.5 Å². The maximum Gasteiger partial charge on any atom is 0.214 e. The molecule has 2 rings (SSSR count). The van der Waals surface area contributed by atoms with Crippen LogP contribution in [0.5, 0.6) is 0 Å². The Hall–Kier alpha value is -0.380. The first-order valence-electron chi connectivity index (χ1n) is 8.41. The van der Waals surface area contributed by atoms with Crippen LogP contribution < -0.4 is 5.32 Å². The molecule has 25 heavy (non-hydrogen) atoms. The zero-order valence-corrected chi connectivity index (χ0v) is 18.5. The molecule has 9 heteroatoms. The summed E-state index contributed by atoms with van der Waals surface area (Å²) in [6.07, 6.45) is 6.10. The molecule has 0 saturated carbocycles. The summed E-state index contributed by atoms with van der Waals surface area (Å²) in [5, 5.41) is 4.07. The molecule has 1 N–H and O–H groups in total. The number of thioether (sulfide) groups is 1. The van der Waals surface area contributed by atoms with Crippen LogP contribution in [0.3, 0.4) is 0 Å². The van der Waals surface area contributed by atoms with Crippen LogP contribution in [-0.2, 0) is 10.0 Å². The van der Waals surface area contributed by atoms with E-state index in [-0.39, 0.29) is 17.2 Å². The van der Waals surface area contributed by atoms with Gasteiger partial charge in [0.1, 0.15) is 5.82 Å². The smallest absolute Gasteiger partial charge is 0.214 e. The second kappa shape index (κ2) is 8.54. The Bertz CT molecular complexity index is 692. The number of nitrogens with zero attached hydrogens (tertiary/aromatic N) is 3. The minimum absolute atomic E-state index is 0.0144. The Morgan fingerprint density at radius 3 is 2.80 bits per heavy atom. The van der Waals surface area contributed by atoms with Gasteiger partial charge in [0.15, 0.2) is 5.16 Å². The van der Waals surface area contributed by atoms with E-state index in [2.05, 4.69) is 52.0 Å². The quantitative estimate of drug-likeness (QED) is 0.526. The summed E-state index contributed by atoms with van der Waals surface area (Å²) in [5.41, 5.74) is 0.0144. The van der Waals surface area contributed by atoms with Crippen LogP contribution in [0.25, 0.3) is 0 Å². The molecule has 0 radical (unpaired) electrons. The van der Waals surface area contributed by atoms with Gasteiger partial charge in [0.25, 0.3) is 0 Å². The third-order valence-electron chi connectivity index (χ3n) is 4.13. The Kier molecular flexibility index (Phi) is 7.15. The summed E-state index contributed by atoms with van der Waals surface area (Å²) < 4.78 is 27.7. The average Bonchev–Trinajstić information content (AvgIpc) is 2.55. The highest BCUT2D eigenvalue weighted by molar-refractivity contribution is 9.10. The lowest BCUT2D eigenvalue weighted by molar-refractivity contribution is 0.321. The van der Waals surface area contributed by atoms with Crippen LogP contribution in [0.15, 0.2) is 15.8 Å². The fourth-order valence-electron chi connectivity index (χ4n) is 2.62. The van der Waals surface area contributed by atoms with Crippen LogP contribution >= 0.6 is 27.7 Å². The fraction of sp³-hybridized carbons (Fsp3) is 0.750. The molecule has 1 aromatic heterocycles. The van der Waals surface area contributed by atoms with Gasteiger partial charge in [-0.05, 0) is 46.9 Å². The minimum atomic E-state index is -3.22. The van der Waals surface area contributed by atoms with Gasteiger partial charge < -0.3 is 5.32 Å². The van der Waals surface area contributed by atoms with E-state index in [1.165, 1.54) is 11.8 Å². The zero-order chi connectivity index (χ0) is 18.7. The summed E-state index contributed by atoms with van der Waals surface area (Å²) in [4.78, 5) is 8.68. The molecule has 0 amide bonds. The molecule has 1 aromatic rings. The molecule has 1 aliphatic rings. The maximum absolute atomic E-state index is 12.7. The number of anilines is 1. The van der Waals surface area contributed by atoms with E-state index < -0.39 is 10.0 Å². The predicted octanol–water partition coefficient (Wildman–Crippen LogP) is 3.60. The minimum Gasteiger partial charge on any atom is -0.365 e. The van der Waals surface area contributed by atoms with Gasteiger partial charge in [0.2, 0.25) is 10.0 Å². The van der Waals surface area contributed by atoms with Gasteiger partial charge in [-0.25, -0.2) is 18.4 Å². The number of hydrogen-bond donors (Lipinski definition) is 1. The van der Waals surface area contributed by atoms with Crippen molar-refractivity contribution < 1.29 is 8.42 Å². The second-order valence-electron chi connectivity index (χ2n) is 7.52. The molecule has 6 nitrogen and oxygen atoms in total. The van der Waals surface area contributed by atoms with E-state index in [4.69, 9.17) is 0 Å². The van der Waals surface area contributed by atoms with Gasteiger partial charge in [0, 0.05) is 25.3 Å². The maximum atomic E-state index is 12.7. The van der Waals surface area contributed by atoms with Crippen LogP contribution in [0.1, 0.15) is 40.0 Å². The Balaban J connectivity index is 2.03. The van der Waals surface area contributed by atoms with Gasteiger partial charge in [-0.2, -0.15) is 4.31 Å². The van der Waals surface area contributed by atoms with Crippen molar-refractivity contribution in [1.29, 1.82) is 0 Å². The average molecular weight is 451 g/mol. The highest BCUT2D eigenvalue weighted by Crippen LogP contribution is 2.26. The van der Waals surface area contributed by atoms with E-state index in [1.807, 2.05) is 6.26 Å². The Labute approximate surface area is 163 Å². The van der Waals surface area contributed by atoms with Crippen molar-refractivity contribution in [2.24, 2.45) is 5.41 Å². The van der Waals surface area contributed by atoms with Gasteiger partial charge in [0.05, 0.1) is 10.2 Å². The van der Waals surface area contributed by atoms with E-state index in [1.54, 1.807) is 10.5 Å². The third kappa shape index (κ3) is 6.37. The van der Waals surface area contributed by atoms with Crippen molar-refractivity contribution >= 4 is 43.5 Å². The summed E-state index contributed by atoms with van der Waals surface area (Å²) >= 11 is 4.94. The van der Waals surface area contributed by atoms with Crippen LogP contribution in [0.2, 0.25) is 0 Å². The van der Waals surface area contributed by atoms with Crippen LogP contribution in [0, 0.1) is 5.41 Å². The van der Waals surface area contributed by atoms with Gasteiger partial charge in [-0.15, -0.1) is 0 Å². The van der Waals surface area contributed by atoms with Crippen molar-refractivity contribution in [3.05, 3.63) is 10.7 Å². The van der Waals surface area contributed by atoms with Crippen molar-refractivity contribution in [3.63, 3.8) is 0 Å². The highest BCUT2D eigenvalue weighted by Gasteiger charge is 2.30. The van der Waals surface area contributed by atoms with E-state index in [0.717, 1.165) is 23.1 Å². The number of aromatic nitrogens is 2. The summed E-state index contributed by atoms with van der Waals surface area (Å²) in [6.45, 7) is 7.29. The van der Waals surface area contributed by atoms with Crippen molar-refractivity contribution in [2.45, 2.75) is 51.2 Å². The first-order chi connectivity index (χ1) is 11.6. The van der Waals surface area contributed by atoms with Gasteiger partial charge >= 0.3 is 0 Å². The molecule has 1 atom stereocenters. The van der Waals surface area contributed by atoms with Gasteiger partial charge in [-0.3, -0.25) is 0 Å². The molecule has 0 aliphatic carbocycles. The van der Waals surface area contributed by atoms with E-state index in [0.29, 0.717) is 24.7 Å². The molecule has 1 saturated heterocycles. The third-order valence-corrected chi connectivity index (χ3v) is 7.11. The molecule has 1 fully saturated rings. The van der Waals surface area contributed by atoms with Crippen molar-refractivity contribution in [1.82, 2.24) is 14.3 Å². The number of rotatable bonds is 6. The van der Waals surface area contributed by atoms with Crippen molar-refractivity contribution in [2.75, 3.05) is 30.4 Å². The fourth-order valence-corrected chi connectivity index (χ4v) is 5.21. The molecule has 0 spiro atoms. The molecule has 142 valence electrons. The van der Waals surface area contributed by atoms with Crippen LogP contribution in [0.4, 0.5) is 5.82 Å². The molecular formula is C16H27BrN4O2S2. The highest BCUT2D eigenvalue weighted by atomic mass is 79.9. The summed E-state index contributed by atoms with van der Waals surface area (Å²) in [5.74, 6) is 0.926. The zero-order valence-electron chi connectivity index (χ0n) is 15.2. The first kappa shape index (κ1) is 20.9. The molecule has 0 aromatic carbocycles. The SMILES string of the molecule is CSc1ncc(Br)c(N[C@H]2CCCN(S(=O)(=O)CCC(C)(C)C)C2)n1. The van der Waals surface area contributed by atoms with E-state index in [9.17, 15) is 8.42 Å². The molecule has 2 heterocycles. The number of piperidine rings is 1. The molecule has 0 bridgehead atoms. The standard InChI is InChI=1S/C16H27BrN4O2S2/c1-16(2,3)7-9-25(22,23)21-8-5-6-12(11-21)19-14-13(17)10-18-15(20-14)24-4/h10,12H,5-9,11H2,1-4H3,(H,18,19,20)/t12-/m0/s1. The summed E-state index contributed by atoms with van der Waals surface area (Å²) in [7, 11) is -3.22. The normalized spacial score (nSPS) is 19.8.